The Kier molecular flexibility index (Phi) is 5.15. The first-order chi connectivity index (χ1) is 9.29. The molecule has 104 valence electrons. The van der Waals surface area contributed by atoms with Crippen molar-refractivity contribution in [1.82, 2.24) is 15.6 Å². The lowest BCUT2D eigenvalue weighted by atomic mass is 10.2. The van der Waals surface area contributed by atoms with Gasteiger partial charge in [0.05, 0.1) is 0 Å². The number of anilines is 1. The summed E-state index contributed by atoms with van der Waals surface area (Å²) in [7, 11) is 0. The van der Waals surface area contributed by atoms with Gasteiger partial charge in [-0.15, -0.1) is 0 Å². The summed E-state index contributed by atoms with van der Waals surface area (Å²) in [6.07, 6.45) is 3.60. The SMILES string of the molecule is CCCNCc1ccc(N2CCNC(=O)CC2)nc1. The molecule has 0 aromatic carbocycles. The largest absolute Gasteiger partial charge is 0.354 e. The summed E-state index contributed by atoms with van der Waals surface area (Å²) in [5, 5.41) is 6.23. The monoisotopic (exact) mass is 262 g/mol. The maximum absolute atomic E-state index is 11.3. The van der Waals surface area contributed by atoms with Gasteiger partial charge >= 0.3 is 0 Å². The maximum atomic E-state index is 11.3. The summed E-state index contributed by atoms with van der Waals surface area (Å²) in [5.74, 6) is 1.08. The van der Waals surface area contributed by atoms with Gasteiger partial charge in [0.25, 0.3) is 0 Å². The first-order valence-electron chi connectivity index (χ1n) is 6.97. The molecule has 1 amide bonds. The molecule has 5 heteroatoms. The minimum atomic E-state index is 0.128. The predicted molar refractivity (Wildman–Crippen MR) is 76.1 cm³/mol. The van der Waals surface area contributed by atoms with E-state index >= 15 is 0 Å². The number of pyridine rings is 1. The van der Waals surface area contributed by atoms with Gasteiger partial charge in [0.2, 0.25) is 5.91 Å². The average Bonchev–Trinajstić information content (AvgIpc) is 2.65. The van der Waals surface area contributed by atoms with Crippen molar-refractivity contribution in [1.29, 1.82) is 0 Å². The van der Waals surface area contributed by atoms with Gasteiger partial charge in [0.1, 0.15) is 5.82 Å². The van der Waals surface area contributed by atoms with Crippen molar-refractivity contribution in [3.8, 4) is 0 Å². The highest BCUT2D eigenvalue weighted by Gasteiger charge is 2.14. The summed E-state index contributed by atoms with van der Waals surface area (Å²) in [4.78, 5) is 17.9. The fourth-order valence-corrected chi connectivity index (χ4v) is 2.11. The summed E-state index contributed by atoms with van der Waals surface area (Å²) < 4.78 is 0. The highest BCUT2D eigenvalue weighted by Crippen LogP contribution is 2.12. The van der Waals surface area contributed by atoms with Crippen LogP contribution in [0.5, 0.6) is 0 Å². The molecule has 1 fully saturated rings. The van der Waals surface area contributed by atoms with Crippen LogP contribution in [0, 0.1) is 0 Å². The topological polar surface area (TPSA) is 57.3 Å². The second-order valence-electron chi connectivity index (χ2n) is 4.79. The molecule has 5 nitrogen and oxygen atoms in total. The Balaban J connectivity index is 1.91. The number of carbonyl (C=O) groups excluding carboxylic acids is 1. The van der Waals surface area contributed by atoms with Crippen LogP contribution in [-0.4, -0.2) is 37.1 Å². The lowest BCUT2D eigenvalue weighted by Gasteiger charge is -2.20. The van der Waals surface area contributed by atoms with Crippen LogP contribution in [0.15, 0.2) is 18.3 Å². The number of aromatic nitrogens is 1. The van der Waals surface area contributed by atoms with Gasteiger partial charge < -0.3 is 15.5 Å². The number of hydrogen-bond donors (Lipinski definition) is 2. The van der Waals surface area contributed by atoms with E-state index in [4.69, 9.17) is 0 Å². The van der Waals surface area contributed by atoms with Gasteiger partial charge in [-0.25, -0.2) is 4.98 Å². The summed E-state index contributed by atoms with van der Waals surface area (Å²) in [6, 6.07) is 4.14. The second-order valence-corrected chi connectivity index (χ2v) is 4.79. The standard InChI is InChI=1S/C14H22N4O/c1-2-6-15-10-12-3-4-13(17-11-12)18-8-5-14(19)16-7-9-18/h3-4,11,15H,2,5-10H2,1H3,(H,16,19). The summed E-state index contributed by atoms with van der Waals surface area (Å²) in [5.41, 5.74) is 1.20. The fourth-order valence-electron chi connectivity index (χ4n) is 2.11. The van der Waals surface area contributed by atoms with E-state index in [0.29, 0.717) is 13.0 Å². The van der Waals surface area contributed by atoms with Crippen LogP contribution in [0.3, 0.4) is 0 Å². The van der Waals surface area contributed by atoms with Crippen LogP contribution in [-0.2, 0) is 11.3 Å². The lowest BCUT2D eigenvalue weighted by molar-refractivity contribution is -0.120. The molecule has 0 saturated carbocycles. The molecule has 2 N–H and O–H groups in total. The number of nitrogens with zero attached hydrogens (tertiary/aromatic N) is 2. The number of nitrogens with one attached hydrogen (secondary N) is 2. The van der Waals surface area contributed by atoms with Crippen LogP contribution in [0.1, 0.15) is 25.3 Å². The van der Waals surface area contributed by atoms with Crippen LogP contribution >= 0.6 is 0 Å². The van der Waals surface area contributed by atoms with Crippen LogP contribution in [0.4, 0.5) is 5.82 Å². The van der Waals surface area contributed by atoms with Gasteiger partial charge in [-0.3, -0.25) is 4.79 Å². The van der Waals surface area contributed by atoms with Crippen molar-refractivity contribution in [3.63, 3.8) is 0 Å². The van der Waals surface area contributed by atoms with Crippen LogP contribution in [0.25, 0.3) is 0 Å². The van der Waals surface area contributed by atoms with E-state index in [-0.39, 0.29) is 5.91 Å². The fraction of sp³-hybridized carbons (Fsp3) is 0.571. The molecule has 1 aromatic rings. The molecule has 0 atom stereocenters. The molecule has 1 aliphatic rings. The quantitative estimate of drug-likeness (QED) is 0.774. The maximum Gasteiger partial charge on any atom is 0.221 e. The Labute approximate surface area is 114 Å². The summed E-state index contributed by atoms with van der Waals surface area (Å²) >= 11 is 0. The van der Waals surface area contributed by atoms with Crippen molar-refractivity contribution >= 4 is 11.7 Å². The molecule has 1 saturated heterocycles. The van der Waals surface area contributed by atoms with E-state index in [1.165, 1.54) is 5.56 Å². The van der Waals surface area contributed by atoms with Crippen molar-refractivity contribution in [2.24, 2.45) is 0 Å². The van der Waals surface area contributed by atoms with Crippen molar-refractivity contribution in [2.75, 3.05) is 31.1 Å². The van der Waals surface area contributed by atoms with Gasteiger partial charge in [-0.1, -0.05) is 13.0 Å². The summed E-state index contributed by atoms with van der Waals surface area (Å²) in [6.45, 7) is 6.31. The third kappa shape index (κ3) is 4.21. The normalized spacial score (nSPS) is 16.1. The molecule has 0 radical (unpaired) electrons. The molecule has 0 bridgehead atoms. The average molecular weight is 262 g/mol. The van der Waals surface area contributed by atoms with Crippen molar-refractivity contribution < 1.29 is 4.79 Å². The van der Waals surface area contributed by atoms with Crippen LogP contribution < -0.4 is 15.5 Å². The van der Waals surface area contributed by atoms with E-state index in [0.717, 1.165) is 38.4 Å². The first kappa shape index (κ1) is 13.8. The van der Waals surface area contributed by atoms with E-state index in [1.54, 1.807) is 0 Å². The smallest absolute Gasteiger partial charge is 0.221 e. The second kappa shape index (κ2) is 7.09. The Morgan fingerprint density at radius 1 is 1.42 bits per heavy atom. The van der Waals surface area contributed by atoms with E-state index in [9.17, 15) is 4.79 Å². The predicted octanol–water partition coefficient (Wildman–Crippen LogP) is 0.907. The minimum absolute atomic E-state index is 0.128. The number of carbonyl (C=O) groups is 1. The molecule has 0 aliphatic carbocycles. The Bertz CT molecular complexity index is 404. The van der Waals surface area contributed by atoms with Gasteiger partial charge in [-0.05, 0) is 24.6 Å². The minimum Gasteiger partial charge on any atom is -0.354 e. The molecule has 19 heavy (non-hydrogen) atoms. The lowest BCUT2D eigenvalue weighted by Crippen LogP contribution is -2.29. The van der Waals surface area contributed by atoms with E-state index in [2.05, 4.69) is 33.5 Å². The van der Waals surface area contributed by atoms with Crippen molar-refractivity contribution in [2.45, 2.75) is 26.3 Å². The molecular formula is C14H22N4O. The molecular weight excluding hydrogens is 240 g/mol. The zero-order valence-corrected chi connectivity index (χ0v) is 11.5. The van der Waals surface area contributed by atoms with Gasteiger partial charge in [0.15, 0.2) is 0 Å². The Morgan fingerprint density at radius 3 is 3.05 bits per heavy atom. The van der Waals surface area contributed by atoms with Gasteiger partial charge in [0, 0.05) is 38.8 Å². The highest BCUT2D eigenvalue weighted by atomic mass is 16.1. The molecule has 0 unspecified atom stereocenters. The number of hydrogen-bond acceptors (Lipinski definition) is 4. The molecule has 1 aromatic heterocycles. The number of amides is 1. The van der Waals surface area contributed by atoms with Crippen LogP contribution in [0.2, 0.25) is 0 Å². The third-order valence-corrected chi connectivity index (χ3v) is 3.20. The van der Waals surface area contributed by atoms with Crippen molar-refractivity contribution in [3.05, 3.63) is 23.9 Å². The Hall–Kier alpha value is -1.62. The highest BCUT2D eigenvalue weighted by molar-refractivity contribution is 5.77. The zero-order chi connectivity index (χ0) is 13.5. The zero-order valence-electron chi connectivity index (χ0n) is 11.5. The molecule has 0 spiro atoms. The molecule has 2 heterocycles. The third-order valence-electron chi connectivity index (χ3n) is 3.20. The first-order valence-corrected chi connectivity index (χ1v) is 6.97. The van der Waals surface area contributed by atoms with E-state index < -0.39 is 0 Å². The molecule has 2 rings (SSSR count). The van der Waals surface area contributed by atoms with E-state index in [1.807, 2.05) is 12.3 Å². The Morgan fingerprint density at radius 2 is 2.32 bits per heavy atom. The van der Waals surface area contributed by atoms with Gasteiger partial charge in [-0.2, -0.15) is 0 Å². The molecule has 1 aliphatic heterocycles. The number of rotatable bonds is 5.